The number of rotatable bonds is 6. The number of anilines is 1. The Balaban J connectivity index is 1.92. The summed E-state index contributed by atoms with van der Waals surface area (Å²) in [5.74, 6) is 0.364. The normalized spacial score (nSPS) is 19.0. The van der Waals surface area contributed by atoms with Crippen molar-refractivity contribution in [3.63, 3.8) is 0 Å². The molecule has 34 heavy (non-hydrogen) atoms. The van der Waals surface area contributed by atoms with Gasteiger partial charge < -0.3 is 9.47 Å². The van der Waals surface area contributed by atoms with Crippen molar-refractivity contribution < 1.29 is 12.8 Å². The highest BCUT2D eigenvalue weighted by molar-refractivity contribution is 7.91. The van der Waals surface area contributed by atoms with Crippen LogP contribution in [-0.4, -0.2) is 26.1 Å². The Morgan fingerprint density at radius 1 is 1.12 bits per heavy atom. The second-order valence-corrected chi connectivity index (χ2v) is 11.9. The molecule has 2 atom stereocenters. The van der Waals surface area contributed by atoms with Gasteiger partial charge in [0.1, 0.15) is 10.7 Å². The molecule has 182 valence electrons. The Kier molecular flexibility index (Phi) is 7.06. The molecule has 0 amide bonds. The number of aryl methyl sites for hydroxylation is 1. The molecule has 2 heterocycles. The predicted octanol–water partition coefficient (Wildman–Crippen LogP) is 5.91. The first-order chi connectivity index (χ1) is 16.1. The molecule has 4 rings (SSSR count). The summed E-state index contributed by atoms with van der Waals surface area (Å²) < 4.78 is 43.9. The van der Waals surface area contributed by atoms with Crippen LogP contribution in [-0.2, 0) is 16.4 Å². The van der Waals surface area contributed by atoms with Gasteiger partial charge in [0.05, 0.1) is 21.5 Å². The van der Waals surface area contributed by atoms with Crippen LogP contribution in [0.1, 0.15) is 40.0 Å². The molecule has 8 heteroatoms. The first-order valence-corrected chi connectivity index (χ1v) is 13.6. The average molecular weight is 505 g/mol. The quantitative estimate of drug-likeness (QED) is 0.418. The second-order valence-electron chi connectivity index (χ2n) is 9.50. The molecule has 0 bridgehead atoms. The van der Waals surface area contributed by atoms with Crippen molar-refractivity contribution in [2.24, 2.45) is 11.8 Å². The number of unbranched alkanes of at least 4 members (excludes halogenated alkanes) is 1. The Morgan fingerprint density at radius 3 is 2.47 bits per heavy atom. The maximum absolute atomic E-state index is 15.4. The smallest absolute Gasteiger partial charge is 0.211 e. The van der Waals surface area contributed by atoms with Gasteiger partial charge in [-0.25, -0.2) is 12.8 Å². The Hall–Kier alpha value is -2.38. The van der Waals surface area contributed by atoms with Crippen LogP contribution in [0.4, 0.5) is 10.1 Å². The number of pyridine rings is 1. The fourth-order valence-electron chi connectivity index (χ4n) is 4.94. The average Bonchev–Trinajstić information content (AvgIpc) is 2.77. The van der Waals surface area contributed by atoms with E-state index < -0.39 is 21.1 Å². The van der Waals surface area contributed by atoms with Crippen LogP contribution in [0.3, 0.4) is 0 Å². The van der Waals surface area contributed by atoms with Crippen molar-refractivity contribution >= 4 is 38.0 Å². The van der Waals surface area contributed by atoms with E-state index in [0.29, 0.717) is 29.6 Å². The van der Waals surface area contributed by atoms with E-state index in [2.05, 4.69) is 13.8 Å². The first kappa shape index (κ1) is 24.7. The molecule has 5 nitrogen and oxygen atoms in total. The van der Waals surface area contributed by atoms with E-state index in [9.17, 15) is 13.2 Å². The summed E-state index contributed by atoms with van der Waals surface area (Å²) >= 11 is 6.00. The van der Waals surface area contributed by atoms with Crippen molar-refractivity contribution in [2.75, 3.05) is 18.0 Å². The molecular formula is C26H30ClFN2O3S. The van der Waals surface area contributed by atoms with E-state index in [1.807, 2.05) is 11.8 Å². The minimum absolute atomic E-state index is 0.0631. The molecule has 1 aliphatic rings. The van der Waals surface area contributed by atoms with Gasteiger partial charge in [0.15, 0.2) is 0 Å². The number of nitrogens with zero attached hydrogens (tertiary/aromatic N) is 2. The Labute approximate surface area is 205 Å². The van der Waals surface area contributed by atoms with Crippen LogP contribution in [0, 0.1) is 17.7 Å². The standard InChI is InChI=1S/C26H30ClFN2O3S/c1-4-5-9-29-16-25(34(32,33)20-8-6-7-19(27)11-20)26(31)21-12-22(28)24(13-23(21)29)30-14-17(2)10-18(3)15-30/h6-8,11-13,16-18H,4-5,9-10,14-15H2,1-3H3. The third-order valence-corrected chi connectivity index (χ3v) is 8.45. The molecule has 0 radical (unpaired) electrons. The molecule has 0 N–H and O–H groups in total. The van der Waals surface area contributed by atoms with Crippen LogP contribution in [0.15, 0.2) is 57.2 Å². The van der Waals surface area contributed by atoms with E-state index in [0.717, 1.165) is 32.4 Å². The number of fused-ring (bicyclic) bond motifs is 1. The highest BCUT2D eigenvalue weighted by Crippen LogP contribution is 2.32. The molecule has 1 fully saturated rings. The molecule has 0 aliphatic carbocycles. The van der Waals surface area contributed by atoms with Crippen molar-refractivity contribution in [1.82, 2.24) is 4.57 Å². The van der Waals surface area contributed by atoms with Gasteiger partial charge in [0, 0.05) is 30.9 Å². The van der Waals surface area contributed by atoms with Gasteiger partial charge in [-0.15, -0.1) is 0 Å². The predicted molar refractivity (Wildman–Crippen MR) is 135 cm³/mol. The largest absolute Gasteiger partial charge is 0.369 e. The zero-order valence-corrected chi connectivity index (χ0v) is 21.3. The van der Waals surface area contributed by atoms with Crippen molar-refractivity contribution in [2.45, 2.75) is 56.4 Å². The summed E-state index contributed by atoms with van der Waals surface area (Å²) in [7, 11) is -4.14. The lowest BCUT2D eigenvalue weighted by molar-refractivity contribution is 0.354. The molecule has 3 aromatic rings. The molecule has 0 saturated carbocycles. The molecule has 1 saturated heterocycles. The van der Waals surface area contributed by atoms with Gasteiger partial charge in [-0.3, -0.25) is 4.79 Å². The van der Waals surface area contributed by atoms with Gasteiger partial charge in [-0.05, 0) is 55.0 Å². The number of hydrogen-bond donors (Lipinski definition) is 0. The number of benzene rings is 2. The minimum Gasteiger partial charge on any atom is -0.369 e. The number of halogens is 2. The van der Waals surface area contributed by atoms with Crippen molar-refractivity contribution in [3.05, 3.63) is 63.7 Å². The second kappa shape index (κ2) is 9.70. The number of piperidine rings is 1. The third-order valence-electron chi connectivity index (χ3n) is 6.47. The topological polar surface area (TPSA) is 59.4 Å². The lowest BCUT2D eigenvalue weighted by atomic mass is 9.91. The number of sulfone groups is 1. The molecular weight excluding hydrogens is 475 g/mol. The lowest BCUT2D eigenvalue weighted by Crippen LogP contribution is -2.39. The molecule has 1 aliphatic heterocycles. The SMILES string of the molecule is CCCCn1cc(S(=O)(=O)c2cccc(Cl)c2)c(=O)c2cc(F)c(N3CC(C)CC(C)C3)cc21. The summed E-state index contributed by atoms with van der Waals surface area (Å²) in [6.45, 7) is 8.36. The van der Waals surface area contributed by atoms with Crippen molar-refractivity contribution in [1.29, 1.82) is 0 Å². The van der Waals surface area contributed by atoms with E-state index in [4.69, 9.17) is 11.6 Å². The number of aromatic nitrogens is 1. The lowest BCUT2D eigenvalue weighted by Gasteiger charge is -2.37. The molecule has 2 aromatic carbocycles. The van der Waals surface area contributed by atoms with E-state index >= 15 is 4.39 Å². The highest BCUT2D eigenvalue weighted by atomic mass is 35.5. The van der Waals surface area contributed by atoms with E-state index in [-0.39, 0.29) is 20.2 Å². The summed E-state index contributed by atoms with van der Waals surface area (Å²) in [6, 6.07) is 8.74. The zero-order chi connectivity index (χ0) is 24.6. The van der Waals surface area contributed by atoms with Gasteiger partial charge in [-0.2, -0.15) is 0 Å². The van der Waals surface area contributed by atoms with Gasteiger partial charge >= 0.3 is 0 Å². The maximum Gasteiger partial charge on any atom is 0.211 e. The molecule has 0 spiro atoms. The summed E-state index contributed by atoms with van der Waals surface area (Å²) in [5, 5.41) is 0.326. The fraction of sp³-hybridized carbons (Fsp3) is 0.423. The van der Waals surface area contributed by atoms with Crippen LogP contribution in [0.5, 0.6) is 0 Å². The summed E-state index contributed by atoms with van der Waals surface area (Å²) in [4.78, 5) is 15.0. The van der Waals surface area contributed by atoms with Gasteiger partial charge in [0.25, 0.3) is 0 Å². The number of hydrogen-bond acceptors (Lipinski definition) is 4. The maximum atomic E-state index is 15.4. The van der Waals surface area contributed by atoms with Gasteiger partial charge in [-0.1, -0.05) is 44.9 Å². The van der Waals surface area contributed by atoms with E-state index in [1.54, 1.807) is 16.7 Å². The fourth-order valence-corrected chi connectivity index (χ4v) is 6.61. The minimum atomic E-state index is -4.14. The Bertz CT molecular complexity index is 1380. The molecule has 1 aromatic heterocycles. The molecule has 2 unspecified atom stereocenters. The third kappa shape index (κ3) is 4.73. The van der Waals surface area contributed by atoms with Crippen LogP contribution in [0.25, 0.3) is 10.9 Å². The van der Waals surface area contributed by atoms with E-state index in [1.165, 1.54) is 30.5 Å². The monoisotopic (exact) mass is 504 g/mol. The zero-order valence-electron chi connectivity index (χ0n) is 19.7. The highest BCUT2D eigenvalue weighted by Gasteiger charge is 2.27. The van der Waals surface area contributed by atoms with Crippen molar-refractivity contribution in [3.8, 4) is 0 Å². The summed E-state index contributed by atoms with van der Waals surface area (Å²) in [6.07, 6.45) is 4.18. The first-order valence-electron chi connectivity index (χ1n) is 11.7. The van der Waals surface area contributed by atoms with Crippen LogP contribution < -0.4 is 10.3 Å². The summed E-state index contributed by atoms with van der Waals surface area (Å²) in [5.41, 5.74) is 0.306. The van der Waals surface area contributed by atoms with Crippen LogP contribution in [0.2, 0.25) is 5.02 Å². The Morgan fingerprint density at radius 2 is 1.82 bits per heavy atom. The van der Waals surface area contributed by atoms with Crippen LogP contribution >= 0.6 is 11.6 Å². The van der Waals surface area contributed by atoms with Gasteiger partial charge in [0.2, 0.25) is 15.3 Å².